The van der Waals surface area contributed by atoms with E-state index in [1.165, 1.54) is 0 Å². The molecule has 8 heteroatoms. The molecule has 0 atom stereocenters. The van der Waals surface area contributed by atoms with Gasteiger partial charge in [0.2, 0.25) is 0 Å². The Labute approximate surface area is 176 Å². The number of nitrogen functional groups attached to an aromatic ring is 1. The van der Waals surface area contributed by atoms with Crippen molar-refractivity contribution < 1.29 is 0 Å². The summed E-state index contributed by atoms with van der Waals surface area (Å²) >= 11 is 0. The van der Waals surface area contributed by atoms with Gasteiger partial charge in [-0.2, -0.15) is 5.10 Å². The van der Waals surface area contributed by atoms with Gasteiger partial charge in [0.05, 0.1) is 28.8 Å². The van der Waals surface area contributed by atoms with Gasteiger partial charge in [-0.25, -0.2) is 4.98 Å². The van der Waals surface area contributed by atoms with Crippen LogP contribution in [-0.2, 0) is 0 Å². The molecule has 4 N–H and O–H groups in total. The van der Waals surface area contributed by atoms with Crippen LogP contribution < -0.4 is 5.73 Å². The zero-order chi connectivity index (χ0) is 20.8. The van der Waals surface area contributed by atoms with Crippen LogP contribution in [-0.4, -0.2) is 35.1 Å². The fourth-order valence-corrected chi connectivity index (χ4v) is 3.79. The van der Waals surface area contributed by atoms with Crippen molar-refractivity contribution >= 4 is 27.6 Å². The van der Waals surface area contributed by atoms with E-state index in [0.717, 1.165) is 50.1 Å². The number of nitrogens with two attached hydrogens (primary N) is 1. The molecule has 0 unspecified atom stereocenters. The van der Waals surface area contributed by atoms with Crippen LogP contribution in [0.2, 0.25) is 0 Å². The number of hydrogen-bond donors (Lipinski definition) is 3. The minimum atomic E-state index is 0.607. The number of H-pyrrole nitrogens is 2. The van der Waals surface area contributed by atoms with Crippen LogP contribution in [0.1, 0.15) is 0 Å². The smallest absolute Gasteiger partial charge is 0.155 e. The number of nitrogens with one attached hydrogen (secondary N) is 2. The molecule has 0 bridgehead atoms. The summed E-state index contributed by atoms with van der Waals surface area (Å²) in [5.41, 5.74) is 13.4. The topological polar surface area (TPSA) is 122 Å². The summed E-state index contributed by atoms with van der Waals surface area (Å²) in [7, 11) is 0. The van der Waals surface area contributed by atoms with Crippen molar-refractivity contribution in [3.8, 4) is 33.8 Å². The highest BCUT2D eigenvalue weighted by atomic mass is 15.2. The van der Waals surface area contributed by atoms with E-state index in [0.29, 0.717) is 11.3 Å². The molecule has 0 aliphatic carbocycles. The first-order chi connectivity index (χ1) is 15.3. The summed E-state index contributed by atoms with van der Waals surface area (Å²) < 4.78 is 0. The van der Waals surface area contributed by atoms with Crippen LogP contribution in [0.5, 0.6) is 0 Å². The van der Waals surface area contributed by atoms with Gasteiger partial charge < -0.3 is 10.7 Å². The average molecular weight is 404 g/mol. The van der Waals surface area contributed by atoms with Crippen LogP contribution in [0.15, 0.2) is 73.6 Å². The Morgan fingerprint density at radius 2 is 1.71 bits per heavy atom. The van der Waals surface area contributed by atoms with Crippen LogP contribution in [0.25, 0.3) is 55.7 Å². The van der Waals surface area contributed by atoms with Gasteiger partial charge in [-0.15, -0.1) is 0 Å². The number of pyridine rings is 4. The molecule has 6 aromatic rings. The van der Waals surface area contributed by atoms with E-state index < -0.39 is 0 Å². The number of nitrogens with zero attached hydrogens (tertiary/aromatic N) is 5. The first-order valence-electron chi connectivity index (χ1n) is 9.70. The maximum Gasteiger partial charge on any atom is 0.155 e. The van der Waals surface area contributed by atoms with Crippen molar-refractivity contribution in [1.82, 2.24) is 35.1 Å². The lowest BCUT2D eigenvalue weighted by Crippen LogP contribution is -1.88. The fourth-order valence-electron chi connectivity index (χ4n) is 3.79. The number of fused-ring (bicyclic) bond motifs is 2. The normalized spacial score (nSPS) is 11.4. The van der Waals surface area contributed by atoms with Crippen molar-refractivity contribution in [1.29, 1.82) is 0 Å². The van der Waals surface area contributed by atoms with E-state index >= 15 is 0 Å². The second kappa shape index (κ2) is 6.74. The van der Waals surface area contributed by atoms with Gasteiger partial charge >= 0.3 is 0 Å². The van der Waals surface area contributed by atoms with Gasteiger partial charge in [-0.1, -0.05) is 6.07 Å². The molecule has 0 amide bonds. The van der Waals surface area contributed by atoms with E-state index in [4.69, 9.17) is 5.73 Å². The summed E-state index contributed by atoms with van der Waals surface area (Å²) in [6.07, 6.45) is 10.6. The molecule has 0 aliphatic rings. The maximum atomic E-state index is 5.90. The lowest BCUT2D eigenvalue weighted by molar-refractivity contribution is 1.10. The predicted molar refractivity (Wildman–Crippen MR) is 120 cm³/mol. The molecule has 6 rings (SSSR count). The molecule has 6 heterocycles. The number of rotatable bonds is 3. The van der Waals surface area contributed by atoms with Crippen molar-refractivity contribution in [2.24, 2.45) is 0 Å². The second-order valence-electron chi connectivity index (χ2n) is 7.25. The van der Waals surface area contributed by atoms with Gasteiger partial charge in [0.1, 0.15) is 5.69 Å². The fraction of sp³-hybridized carbons (Fsp3) is 0. The largest absolute Gasteiger partial charge is 0.397 e. The highest BCUT2D eigenvalue weighted by Crippen LogP contribution is 2.33. The number of aromatic nitrogens is 7. The lowest BCUT2D eigenvalue weighted by atomic mass is 10.1. The Hall–Kier alpha value is -4.59. The zero-order valence-electron chi connectivity index (χ0n) is 16.2. The summed E-state index contributed by atoms with van der Waals surface area (Å²) in [4.78, 5) is 21.0. The summed E-state index contributed by atoms with van der Waals surface area (Å²) in [5.74, 6) is 0. The molecule has 31 heavy (non-hydrogen) atoms. The Morgan fingerprint density at radius 3 is 2.58 bits per heavy atom. The van der Waals surface area contributed by atoms with E-state index in [1.54, 1.807) is 24.8 Å². The van der Waals surface area contributed by atoms with Crippen LogP contribution >= 0.6 is 0 Å². The van der Waals surface area contributed by atoms with Crippen LogP contribution in [0.3, 0.4) is 0 Å². The summed E-state index contributed by atoms with van der Waals surface area (Å²) in [5, 5.41) is 9.47. The summed E-state index contributed by atoms with van der Waals surface area (Å²) in [6, 6.07) is 11.8. The molecule has 0 aromatic carbocycles. The van der Waals surface area contributed by atoms with Crippen LogP contribution in [0.4, 0.5) is 5.69 Å². The van der Waals surface area contributed by atoms with Gasteiger partial charge in [0.25, 0.3) is 0 Å². The minimum Gasteiger partial charge on any atom is -0.397 e. The van der Waals surface area contributed by atoms with Gasteiger partial charge in [-0.3, -0.25) is 20.1 Å². The maximum absolute atomic E-state index is 5.90. The van der Waals surface area contributed by atoms with Crippen molar-refractivity contribution in [2.75, 3.05) is 5.73 Å². The Morgan fingerprint density at radius 1 is 0.806 bits per heavy atom. The predicted octanol–water partition coefficient (Wildman–Crippen LogP) is 4.21. The molecule has 0 fully saturated rings. The monoisotopic (exact) mass is 404 g/mol. The lowest BCUT2D eigenvalue weighted by Gasteiger charge is -2.02. The first-order valence-corrected chi connectivity index (χ1v) is 9.70. The van der Waals surface area contributed by atoms with E-state index in [-0.39, 0.29) is 0 Å². The molecule has 0 saturated heterocycles. The van der Waals surface area contributed by atoms with Crippen molar-refractivity contribution in [3.63, 3.8) is 0 Å². The highest BCUT2D eigenvalue weighted by molar-refractivity contribution is 6.00. The Balaban J connectivity index is 1.51. The van der Waals surface area contributed by atoms with Gasteiger partial charge in [0.15, 0.2) is 5.65 Å². The molecular formula is C23H16N8. The molecule has 0 spiro atoms. The first kappa shape index (κ1) is 17.3. The molecule has 148 valence electrons. The molecule has 0 radical (unpaired) electrons. The highest BCUT2D eigenvalue weighted by Gasteiger charge is 2.15. The molecule has 6 aromatic heterocycles. The van der Waals surface area contributed by atoms with Crippen molar-refractivity contribution in [3.05, 3.63) is 73.6 Å². The third kappa shape index (κ3) is 2.89. The average Bonchev–Trinajstić information content (AvgIpc) is 3.43. The SMILES string of the molecule is Nc1cncc(-c2cnc3[nH]nc(-c4cc5c(-c6ccccn6)cncc5[nH]4)c3c2)c1. The molecular weight excluding hydrogens is 388 g/mol. The molecule has 0 saturated carbocycles. The minimum absolute atomic E-state index is 0.607. The molecule has 0 aliphatic heterocycles. The molecule has 8 nitrogen and oxygen atoms in total. The number of hydrogen-bond acceptors (Lipinski definition) is 6. The van der Waals surface area contributed by atoms with Crippen molar-refractivity contribution in [2.45, 2.75) is 0 Å². The van der Waals surface area contributed by atoms with E-state index in [1.807, 2.05) is 42.7 Å². The zero-order valence-corrected chi connectivity index (χ0v) is 16.2. The third-order valence-corrected chi connectivity index (χ3v) is 5.25. The third-order valence-electron chi connectivity index (χ3n) is 5.25. The Bertz CT molecular complexity index is 1550. The van der Waals surface area contributed by atoms with E-state index in [9.17, 15) is 0 Å². The standard InChI is InChI=1S/C23H16N8/c24-15-5-13(8-25-10-15)14-6-17-22(30-31-23(17)28-9-14)20-7-16-18(11-26-12-21(16)29-20)19-3-1-2-4-27-19/h1-12,29H,24H2,(H,28,30,31). The van der Waals surface area contributed by atoms with E-state index in [2.05, 4.69) is 41.2 Å². The second-order valence-corrected chi connectivity index (χ2v) is 7.25. The van der Waals surface area contributed by atoms with Gasteiger partial charge in [0, 0.05) is 58.4 Å². The van der Waals surface area contributed by atoms with Gasteiger partial charge in [-0.05, 0) is 30.3 Å². The quantitative estimate of drug-likeness (QED) is 0.406. The Kier molecular flexibility index (Phi) is 3.76. The van der Waals surface area contributed by atoms with Crippen LogP contribution in [0, 0.1) is 0 Å². The summed E-state index contributed by atoms with van der Waals surface area (Å²) in [6.45, 7) is 0. The number of anilines is 1. The number of aromatic amines is 2.